The molecule has 0 aliphatic carbocycles. The van der Waals surface area contributed by atoms with E-state index in [9.17, 15) is 21.9 Å². The van der Waals surface area contributed by atoms with Crippen molar-refractivity contribution < 1.29 is 21.9 Å². The van der Waals surface area contributed by atoms with Gasteiger partial charge in [0.05, 0.1) is 23.7 Å². The van der Waals surface area contributed by atoms with Gasteiger partial charge in [0.25, 0.3) is 0 Å². The third-order valence-electron chi connectivity index (χ3n) is 4.98. The summed E-state index contributed by atoms with van der Waals surface area (Å²) in [6.45, 7) is -0.827. The molecule has 17 heteroatoms. The molecular formula is C17H22N10O5S2. The predicted octanol–water partition coefficient (Wildman–Crippen LogP) is -2.67. The molecule has 12 N–H and O–H groups in total. The molecule has 1 unspecified atom stereocenters. The fourth-order valence-electron chi connectivity index (χ4n) is 3.55. The maximum Gasteiger partial charge on any atom is 0.242 e. The highest BCUT2D eigenvalue weighted by Gasteiger charge is 2.34. The number of aromatic amines is 1. The van der Waals surface area contributed by atoms with Crippen LogP contribution in [0, 0.1) is 0 Å². The SMILES string of the molecule is NCC(CO)NS(=O)(=O)c1ccc(-c2cccc3[nH]c(N)nc23)c(C2=NNNN2)c1S(N)(=O)=O. The van der Waals surface area contributed by atoms with Gasteiger partial charge < -0.3 is 21.6 Å². The third kappa shape index (κ3) is 4.28. The molecule has 1 aliphatic rings. The lowest BCUT2D eigenvalue weighted by Crippen LogP contribution is -2.43. The van der Waals surface area contributed by atoms with Crippen molar-refractivity contribution >= 4 is 42.9 Å². The van der Waals surface area contributed by atoms with Gasteiger partial charge in [0.1, 0.15) is 9.79 Å². The predicted molar refractivity (Wildman–Crippen MR) is 124 cm³/mol. The number of nitrogens with one attached hydrogen (secondary N) is 5. The molecular weight excluding hydrogens is 488 g/mol. The van der Waals surface area contributed by atoms with Crippen LogP contribution in [-0.2, 0) is 20.0 Å². The molecule has 0 fully saturated rings. The van der Waals surface area contributed by atoms with Crippen molar-refractivity contribution in [1.29, 1.82) is 0 Å². The lowest BCUT2D eigenvalue weighted by Gasteiger charge is -2.20. The molecule has 0 saturated heterocycles. The number of rotatable bonds is 8. The van der Waals surface area contributed by atoms with Gasteiger partial charge in [-0.1, -0.05) is 18.2 Å². The normalized spacial score (nSPS) is 15.1. The van der Waals surface area contributed by atoms with Crippen LogP contribution in [0.25, 0.3) is 22.2 Å². The van der Waals surface area contributed by atoms with E-state index < -0.39 is 42.5 Å². The molecule has 182 valence electrons. The summed E-state index contributed by atoms with van der Waals surface area (Å²) in [6.07, 6.45) is 0. The first-order chi connectivity index (χ1) is 16.1. The fourth-order valence-corrected chi connectivity index (χ4v) is 6.39. The Labute approximate surface area is 193 Å². The highest BCUT2D eigenvalue weighted by atomic mass is 32.2. The number of imidazole rings is 1. The quantitative estimate of drug-likeness (QED) is 0.151. The fraction of sp³-hybridized carbons (Fsp3) is 0.176. The molecule has 4 rings (SSSR count). The second-order valence-corrected chi connectivity index (χ2v) is 10.4. The highest BCUT2D eigenvalue weighted by molar-refractivity contribution is 7.92. The van der Waals surface area contributed by atoms with E-state index in [0.717, 1.165) is 6.07 Å². The lowest BCUT2D eigenvalue weighted by atomic mass is 9.97. The number of amidine groups is 1. The highest BCUT2D eigenvalue weighted by Crippen LogP contribution is 2.36. The number of H-pyrrole nitrogens is 1. The number of aliphatic hydroxyl groups excluding tert-OH is 1. The van der Waals surface area contributed by atoms with Crippen LogP contribution < -0.4 is 37.8 Å². The molecule has 2 aromatic carbocycles. The second kappa shape index (κ2) is 8.80. The van der Waals surface area contributed by atoms with Gasteiger partial charge in [-0.05, 0) is 17.7 Å². The molecule has 15 nitrogen and oxygen atoms in total. The summed E-state index contributed by atoms with van der Waals surface area (Å²) >= 11 is 0. The third-order valence-corrected chi connectivity index (χ3v) is 7.67. The van der Waals surface area contributed by atoms with E-state index in [0.29, 0.717) is 16.6 Å². The number of nitrogen functional groups attached to an aromatic ring is 1. The van der Waals surface area contributed by atoms with Gasteiger partial charge in [0, 0.05) is 17.7 Å². The zero-order chi connectivity index (χ0) is 24.7. The number of anilines is 1. The number of benzene rings is 2. The van der Waals surface area contributed by atoms with Crippen LogP contribution >= 0.6 is 0 Å². The largest absolute Gasteiger partial charge is 0.395 e. The lowest BCUT2D eigenvalue weighted by molar-refractivity contribution is 0.259. The number of hydrazone groups is 1. The number of hydrazine groups is 2. The van der Waals surface area contributed by atoms with E-state index >= 15 is 0 Å². The van der Waals surface area contributed by atoms with Crippen LogP contribution in [0.2, 0.25) is 0 Å². The standard InChI is InChI=1S/C17H22N10O5S2/c18-6-8(7-28)25-34(31,32)12-5-4-9(10-2-1-3-11-14(10)22-17(19)21-11)13(15(12)33(20,29)30)16-23-26-27-24-16/h1-5,8,25-28H,6-7,18H2,(H,23,24)(H3,19,21,22)(H2,20,29,30). The van der Waals surface area contributed by atoms with Gasteiger partial charge in [0.15, 0.2) is 11.8 Å². The number of nitrogens with two attached hydrogens (primary N) is 3. The van der Waals surface area contributed by atoms with Crippen LogP contribution in [0.15, 0.2) is 45.2 Å². The number of para-hydroxylation sites is 1. The topological polar surface area (TPSA) is 256 Å². The second-order valence-electron chi connectivity index (χ2n) is 7.24. The molecule has 34 heavy (non-hydrogen) atoms. The Balaban J connectivity index is 2.08. The Bertz CT molecular complexity index is 1500. The Morgan fingerprint density at radius 1 is 1.12 bits per heavy atom. The zero-order valence-electron chi connectivity index (χ0n) is 17.4. The molecule has 0 saturated carbocycles. The van der Waals surface area contributed by atoms with Crippen molar-refractivity contribution in [1.82, 2.24) is 31.2 Å². The summed E-state index contributed by atoms with van der Waals surface area (Å²) in [6, 6.07) is 6.52. The van der Waals surface area contributed by atoms with Crippen molar-refractivity contribution in [3.8, 4) is 11.1 Å². The number of aliphatic hydroxyl groups is 1. The number of aromatic nitrogens is 2. The van der Waals surface area contributed by atoms with Crippen LogP contribution in [0.4, 0.5) is 5.95 Å². The number of hydrogen-bond donors (Lipinski definition) is 9. The molecule has 1 aromatic heterocycles. The molecule has 0 spiro atoms. The number of sulfonamides is 2. The Morgan fingerprint density at radius 2 is 1.88 bits per heavy atom. The van der Waals surface area contributed by atoms with Crippen molar-refractivity contribution in [2.45, 2.75) is 15.8 Å². The average Bonchev–Trinajstić information content (AvgIpc) is 3.44. The van der Waals surface area contributed by atoms with Gasteiger partial charge >= 0.3 is 0 Å². The van der Waals surface area contributed by atoms with Crippen LogP contribution in [0.1, 0.15) is 5.56 Å². The maximum absolute atomic E-state index is 13.1. The molecule has 1 aliphatic heterocycles. The summed E-state index contributed by atoms with van der Waals surface area (Å²) in [5.41, 5.74) is 20.4. The van der Waals surface area contributed by atoms with Gasteiger partial charge in [-0.15, -0.1) is 10.6 Å². The minimum atomic E-state index is -4.65. The molecule has 1 atom stereocenters. The van der Waals surface area contributed by atoms with Gasteiger partial charge in [-0.2, -0.15) is 0 Å². The molecule has 3 aromatic rings. The summed E-state index contributed by atoms with van der Waals surface area (Å²) < 4.78 is 54.1. The van der Waals surface area contributed by atoms with Crippen LogP contribution in [0.5, 0.6) is 0 Å². The number of fused-ring (bicyclic) bond motifs is 1. The van der Waals surface area contributed by atoms with Crippen molar-refractivity contribution in [2.75, 3.05) is 18.9 Å². The van der Waals surface area contributed by atoms with E-state index in [-0.39, 0.29) is 29.5 Å². The molecule has 0 amide bonds. The van der Waals surface area contributed by atoms with Gasteiger partial charge in [-0.3, -0.25) is 5.43 Å². The molecule has 0 radical (unpaired) electrons. The minimum Gasteiger partial charge on any atom is -0.395 e. The maximum atomic E-state index is 13.1. The van der Waals surface area contributed by atoms with E-state index in [1.54, 1.807) is 18.2 Å². The summed E-state index contributed by atoms with van der Waals surface area (Å²) in [4.78, 5) is 5.78. The first-order valence-corrected chi connectivity index (χ1v) is 12.7. The van der Waals surface area contributed by atoms with Crippen LogP contribution in [-0.4, -0.2) is 56.9 Å². The Hall–Kier alpha value is -3.32. The number of primary sulfonamides is 1. The van der Waals surface area contributed by atoms with E-state index in [1.807, 2.05) is 0 Å². The van der Waals surface area contributed by atoms with Crippen molar-refractivity contribution in [2.24, 2.45) is 16.0 Å². The van der Waals surface area contributed by atoms with Crippen LogP contribution in [0.3, 0.4) is 0 Å². The summed E-state index contributed by atoms with van der Waals surface area (Å²) in [5.74, 6) is 0.0877. The monoisotopic (exact) mass is 510 g/mol. The van der Waals surface area contributed by atoms with Gasteiger partial charge in [-0.25, -0.2) is 37.2 Å². The summed E-state index contributed by atoms with van der Waals surface area (Å²) in [7, 11) is -9.16. The smallest absolute Gasteiger partial charge is 0.242 e. The Morgan fingerprint density at radius 3 is 2.50 bits per heavy atom. The average molecular weight is 511 g/mol. The number of nitrogens with zero attached hydrogens (tertiary/aromatic N) is 2. The molecule has 0 bridgehead atoms. The number of hydrogen-bond acceptors (Lipinski definition) is 12. The van der Waals surface area contributed by atoms with E-state index in [2.05, 4.69) is 36.3 Å². The summed E-state index contributed by atoms with van der Waals surface area (Å²) in [5, 5.41) is 18.9. The van der Waals surface area contributed by atoms with Crippen molar-refractivity contribution in [3.05, 3.63) is 35.9 Å². The first kappa shape index (κ1) is 23.8. The minimum absolute atomic E-state index is 0.0471. The first-order valence-electron chi connectivity index (χ1n) is 9.68. The molecule has 2 heterocycles. The zero-order valence-corrected chi connectivity index (χ0v) is 19.0. The Kier molecular flexibility index (Phi) is 6.16. The van der Waals surface area contributed by atoms with E-state index in [1.165, 1.54) is 6.07 Å². The van der Waals surface area contributed by atoms with Gasteiger partial charge in [0.2, 0.25) is 20.0 Å². The van der Waals surface area contributed by atoms with Crippen molar-refractivity contribution in [3.63, 3.8) is 0 Å². The van der Waals surface area contributed by atoms with E-state index in [4.69, 9.17) is 16.6 Å².